The first-order valence-corrected chi connectivity index (χ1v) is 10.5. The number of aromatic amines is 1. The van der Waals surface area contributed by atoms with Crippen molar-refractivity contribution in [2.45, 2.75) is 78.2 Å². The topological polar surface area (TPSA) is 72.0 Å². The van der Waals surface area contributed by atoms with Crippen LogP contribution in [0.2, 0.25) is 0 Å². The van der Waals surface area contributed by atoms with Crippen molar-refractivity contribution in [2.75, 3.05) is 0 Å². The molecule has 2 aromatic heterocycles. The van der Waals surface area contributed by atoms with Crippen molar-refractivity contribution in [3.05, 3.63) is 26.6 Å². The lowest BCUT2D eigenvalue weighted by atomic mass is 9.86. The third-order valence-corrected chi connectivity index (χ3v) is 6.57. The predicted octanol–water partition coefficient (Wildman–Crippen LogP) is 4.96. The van der Waals surface area contributed by atoms with Crippen LogP contribution in [-0.2, 0) is 9.53 Å². The number of rotatable bonds is 6. The highest BCUT2D eigenvalue weighted by Crippen LogP contribution is 2.29. The van der Waals surface area contributed by atoms with E-state index in [0.717, 1.165) is 29.2 Å². The standard InChI is InChI=1S/C20H28N2O3S/c1-12-14(3)26-20-17(12)19(24)21-18(22-20)13(2)25-16(23)11-7-10-15-8-5-4-6-9-15/h13,15H,4-11H2,1-3H3,(H,21,22,24)/t13-/m0/s1. The van der Waals surface area contributed by atoms with Crippen molar-refractivity contribution in [1.29, 1.82) is 0 Å². The van der Waals surface area contributed by atoms with Crippen LogP contribution in [0.3, 0.4) is 0 Å². The first-order valence-electron chi connectivity index (χ1n) is 9.65. The van der Waals surface area contributed by atoms with Gasteiger partial charge in [0.05, 0.1) is 5.39 Å². The predicted molar refractivity (Wildman–Crippen MR) is 105 cm³/mol. The molecule has 0 spiro atoms. The van der Waals surface area contributed by atoms with Crippen LogP contribution in [0.1, 0.15) is 80.7 Å². The van der Waals surface area contributed by atoms with Gasteiger partial charge < -0.3 is 9.72 Å². The van der Waals surface area contributed by atoms with Crippen LogP contribution in [-0.4, -0.2) is 15.9 Å². The Morgan fingerprint density at radius 3 is 2.77 bits per heavy atom. The molecule has 1 saturated carbocycles. The summed E-state index contributed by atoms with van der Waals surface area (Å²) in [6, 6.07) is 0. The lowest BCUT2D eigenvalue weighted by molar-refractivity contribution is -0.149. The molecule has 26 heavy (non-hydrogen) atoms. The minimum Gasteiger partial charge on any atom is -0.454 e. The van der Waals surface area contributed by atoms with E-state index in [1.54, 1.807) is 6.92 Å². The molecule has 0 bridgehead atoms. The van der Waals surface area contributed by atoms with E-state index in [-0.39, 0.29) is 11.5 Å². The lowest BCUT2D eigenvalue weighted by Gasteiger charge is -2.21. The molecule has 0 unspecified atom stereocenters. The van der Waals surface area contributed by atoms with Crippen LogP contribution >= 0.6 is 11.3 Å². The fourth-order valence-electron chi connectivity index (χ4n) is 3.79. The smallest absolute Gasteiger partial charge is 0.306 e. The van der Waals surface area contributed by atoms with Crippen LogP contribution in [0, 0.1) is 19.8 Å². The second kappa shape index (κ2) is 8.33. The summed E-state index contributed by atoms with van der Waals surface area (Å²) in [5, 5.41) is 0.641. The Morgan fingerprint density at radius 2 is 2.04 bits per heavy atom. The number of nitrogens with one attached hydrogen (secondary N) is 1. The second-order valence-electron chi connectivity index (χ2n) is 7.44. The van der Waals surface area contributed by atoms with Crippen molar-refractivity contribution in [1.82, 2.24) is 9.97 Å². The first kappa shape index (κ1) is 19.1. The number of aromatic nitrogens is 2. The minimum absolute atomic E-state index is 0.160. The summed E-state index contributed by atoms with van der Waals surface area (Å²) in [6.07, 6.45) is 8.49. The van der Waals surface area contributed by atoms with Crippen LogP contribution in [0.5, 0.6) is 0 Å². The molecule has 1 N–H and O–H groups in total. The molecular formula is C20H28N2O3S. The minimum atomic E-state index is -0.544. The van der Waals surface area contributed by atoms with Gasteiger partial charge in [-0.3, -0.25) is 9.59 Å². The largest absolute Gasteiger partial charge is 0.454 e. The molecule has 1 aliphatic carbocycles. The molecule has 0 radical (unpaired) electrons. The van der Waals surface area contributed by atoms with Gasteiger partial charge >= 0.3 is 5.97 Å². The van der Waals surface area contributed by atoms with Gasteiger partial charge in [0.2, 0.25) is 0 Å². The molecule has 0 amide bonds. The number of nitrogens with zero attached hydrogens (tertiary/aromatic N) is 1. The van der Waals surface area contributed by atoms with Crippen LogP contribution in [0.15, 0.2) is 4.79 Å². The van der Waals surface area contributed by atoms with Crippen molar-refractivity contribution in [3.63, 3.8) is 0 Å². The van der Waals surface area contributed by atoms with Gasteiger partial charge in [0, 0.05) is 11.3 Å². The molecule has 2 aromatic rings. The van der Waals surface area contributed by atoms with Crippen LogP contribution < -0.4 is 5.56 Å². The Balaban J connectivity index is 1.57. The Hall–Kier alpha value is -1.69. The SMILES string of the molecule is Cc1sc2nc([C@H](C)OC(=O)CCCC3CCCCC3)[nH]c(=O)c2c1C. The molecule has 5 nitrogen and oxygen atoms in total. The van der Waals surface area contributed by atoms with Crippen molar-refractivity contribution < 1.29 is 9.53 Å². The van der Waals surface area contributed by atoms with Gasteiger partial charge in [-0.2, -0.15) is 0 Å². The number of carbonyl (C=O) groups is 1. The number of esters is 1. The number of ether oxygens (including phenoxy) is 1. The summed E-state index contributed by atoms with van der Waals surface area (Å²) >= 11 is 1.50. The highest BCUT2D eigenvalue weighted by atomic mass is 32.1. The van der Waals surface area contributed by atoms with Gasteiger partial charge in [0.25, 0.3) is 5.56 Å². The van der Waals surface area contributed by atoms with E-state index in [1.807, 2.05) is 13.8 Å². The molecule has 0 aliphatic heterocycles. The first-order chi connectivity index (χ1) is 12.5. The average molecular weight is 377 g/mol. The van der Waals surface area contributed by atoms with Crippen molar-refractivity contribution in [3.8, 4) is 0 Å². The maximum Gasteiger partial charge on any atom is 0.306 e. The number of thiophene rings is 1. The van der Waals surface area contributed by atoms with Gasteiger partial charge in [-0.15, -0.1) is 11.3 Å². The summed E-state index contributed by atoms with van der Waals surface area (Å²) in [6.45, 7) is 5.67. The fourth-order valence-corrected chi connectivity index (χ4v) is 4.82. The Morgan fingerprint density at radius 1 is 1.31 bits per heavy atom. The highest BCUT2D eigenvalue weighted by molar-refractivity contribution is 7.18. The zero-order valence-corrected chi connectivity index (χ0v) is 16.7. The molecule has 2 heterocycles. The molecule has 6 heteroatoms. The zero-order valence-electron chi connectivity index (χ0n) is 15.9. The van der Waals surface area contributed by atoms with Gasteiger partial charge in [-0.1, -0.05) is 32.1 Å². The molecular weight excluding hydrogens is 348 g/mol. The number of H-pyrrole nitrogens is 1. The summed E-state index contributed by atoms with van der Waals surface area (Å²) < 4.78 is 5.50. The van der Waals surface area contributed by atoms with Crippen LogP contribution in [0.25, 0.3) is 10.2 Å². The van der Waals surface area contributed by atoms with Crippen molar-refractivity contribution in [2.24, 2.45) is 5.92 Å². The highest BCUT2D eigenvalue weighted by Gasteiger charge is 2.19. The second-order valence-corrected chi connectivity index (χ2v) is 8.65. The fraction of sp³-hybridized carbons (Fsp3) is 0.650. The summed E-state index contributed by atoms with van der Waals surface area (Å²) in [7, 11) is 0. The molecule has 0 saturated heterocycles. The van der Waals surface area contributed by atoms with E-state index < -0.39 is 6.10 Å². The third kappa shape index (κ3) is 4.34. The van der Waals surface area contributed by atoms with Gasteiger partial charge in [0.1, 0.15) is 4.83 Å². The van der Waals surface area contributed by atoms with Crippen molar-refractivity contribution >= 4 is 27.5 Å². The summed E-state index contributed by atoms with van der Waals surface area (Å²) in [5.74, 6) is 0.985. The zero-order chi connectivity index (χ0) is 18.7. The number of hydrogen-bond donors (Lipinski definition) is 1. The molecule has 142 valence electrons. The van der Waals surface area contributed by atoms with Gasteiger partial charge in [0.15, 0.2) is 11.9 Å². The Labute approximate surface area is 158 Å². The third-order valence-electron chi connectivity index (χ3n) is 5.47. The van der Waals surface area contributed by atoms with E-state index in [4.69, 9.17) is 4.74 Å². The number of carbonyl (C=O) groups excluding carboxylic acids is 1. The van der Waals surface area contributed by atoms with E-state index in [9.17, 15) is 9.59 Å². The van der Waals surface area contributed by atoms with E-state index in [2.05, 4.69) is 9.97 Å². The van der Waals surface area contributed by atoms with E-state index >= 15 is 0 Å². The molecule has 3 rings (SSSR count). The normalized spacial score (nSPS) is 16.7. The summed E-state index contributed by atoms with van der Waals surface area (Å²) in [5.41, 5.74) is 0.810. The monoisotopic (exact) mass is 376 g/mol. The maximum atomic E-state index is 12.3. The number of hydrogen-bond acceptors (Lipinski definition) is 5. The number of fused-ring (bicyclic) bond motifs is 1. The number of aryl methyl sites for hydroxylation is 2. The molecule has 0 aromatic carbocycles. The summed E-state index contributed by atoms with van der Waals surface area (Å²) in [4.78, 5) is 33.6. The van der Waals surface area contributed by atoms with Gasteiger partial charge in [-0.25, -0.2) is 4.98 Å². The molecule has 1 aliphatic rings. The van der Waals surface area contributed by atoms with Crippen LogP contribution in [0.4, 0.5) is 0 Å². The lowest BCUT2D eigenvalue weighted by Crippen LogP contribution is -2.17. The van der Waals surface area contributed by atoms with Gasteiger partial charge in [-0.05, 0) is 45.1 Å². The van der Waals surface area contributed by atoms with E-state index in [0.29, 0.717) is 22.5 Å². The average Bonchev–Trinajstić information content (AvgIpc) is 2.90. The Bertz CT molecular complexity index is 833. The van der Waals surface area contributed by atoms with E-state index in [1.165, 1.54) is 43.4 Å². The maximum absolute atomic E-state index is 12.3. The Kier molecular flexibility index (Phi) is 6.12. The molecule has 1 fully saturated rings. The molecule has 1 atom stereocenters. The quantitative estimate of drug-likeness (QED) is 0.724.